The molecule has 1 heterocycles. The zero-order valence-electron chi connectivity index (χ0n) is 11.1. The first-order valence-corrected chi connectivity index (χ1v) is 6.42. The van der Waals surface area contributed by atoms with E-state index < -0.39 is 11.5 Å². The molecule has 0 bridgehead atoms. The van der Waals surface area contributed by atoms with Crippen LogP contribution in [0.3, 0.4) is 0 Å². The number of hydrogen-bond acceptors (Lipinski definition) is 4. The molecular formula is C13H20N2O4. The van der Waals surface area contributed by atoms with Gasteiger partial charge in [0, 0.05) is 32.0 Å². The Hall–Kier alpha value is -1.82. The number of unbranched alkanes of at least 4 members (excludes halogenated alkanes) is 1. The molecule has 0 aliphatic carbocycles. The minimum absolute atomic E-state index is 0.0616. The van der Waals surface area contributed by atoms with Crippen LogP contribution in [0.5, 0.6) is 5.75 Å². The van der Waals surface area contributed by atoms with Crippen LogP contribution in [0.15, 0.2) is 17.1 Å². The summed E-state index contributed by atoms with van der Waals surface area (Å²) in [6.45, 7) is 3.90. The van der Waals surface area contributed by atoms with E-state index in [4.69, 9.17) is 4.74 Å². The number of ether oxygens (including phenoxy) is 1. The number of rotatable bonds is 8. The lowest BCUT2D eigenvalue weighted by molar-refractivity contribution is 0.0937. The van der Waals surface area contributed by atoms with Crippen LogP contribution >= 0.6 is 0 Å². The summed E-state index contributed by atoms with van der Waals surface area (Å²) in [5.41, 5.74) is -0.384. The number of hydrogen-bond donors (Lipinski definition) is 3. The van der Waals surface area contributed by atoms with Crippen molar-refractivity contribution in [3.63, 3.8) is 0 Å². The summed E-state index contributed by atoms with van der Waals surface area (Å²) in [6.07, 6.45) is 4.05. The maximum atomic E-state index is 11.7. The van der Waals surface area contributed by atoms with E-state index in [1.165, 1.54) is 6.20 Å². The van der Waals surface area contributed by atoms with E-state index in [1.807, 2.05) is 0 Å². The van der Waals surface area contributed by atoms with Crippen molar-refractivity contribution in [2.45, 2.75) is 26.2 Å². The molecule has 0 saturated carbocycles. The van der Waals surface area contributed by atoms with E-state index in [0.29, 0.717) is 19.6 Å². The number of aromatic hydroxyl groups is 1. The molecular weight excluding hydrogens is 248 g/mol. The molecule has 19 heavy (non-hydrogen) atoms. The van der Waals surface area contributed by atoms with Gasteiger partial charge in [-0.05, 0) is 12.8 Å². The molecule has 3 N–H and O–H groups in total. The van der Waals surface area contributed by atoms with E-state index in [0.717, 1.165) is 25.5 Å². The molecule has 1 rings (SSSR count). The summed E-state index contributed by atoms with van der Waals surface area (Å²) in [5.74, 6) is -0.734. The summed E-state index contributed by atoms with van der Waals surface area (Å²) >= 11 is 0. The Kier molecular flexibility index (Phi) is 6.67. The number of pyridine rings is 1. The van der Waals surface area contributed by atoms with Gasteiger partial charge in [0.1, 0.15) is 5.75 Å². The molecule has 0 aromatic carbocycles. The third-order valence-corrected chi connectivity index (χ3v) is 2.54. The normalized spacial score (nSPS) is 10.4. The summed E-state index contributed by atoms with van der Waals surface area (Å²) in [5, 5.41) is 12.1. The topological polar surface area (TPSA) is 91.4 Å². The maximum absolute atomic E-state index is 11.7. The highest BCUT2D eigenvalue weighted by Gasteiger charge is 2.10. The number of nitrogens with one attached hydrogen (secondary N) is 2. The van der Waals surface area contributed by atoms with E-state index in [1.54, 1.807) is 0 Å². The lowest BCUT2D eigenvalue weighted by Crippen LogP contribution is -2.26. The van der Waals surface area contributed by atoms with E-state index >= 15 is 0 Å². The predicted octanol–water partition coefficient (Wildman–Crippen LogP) is 1.02. The van der Waals surface area contributed by atoms with Crippen LogP contribution in [-0.4, -0.2) is 35.8 Å². The second-order valence-corrected chi connectivity index (χ2v) is 4.17. The first-order valence-electron chi connectivity index (χ1n) is 6.42. The van der Waals surface area contributed by atoms with Crippen LogP contribution in [-0.2, 0) is 4.74 Å². The van der Waals surface area contributed by atoms with E-state index in [2.05, 4.69) is 17.2 Å². The van der Waals surface area contributed by atoms with Crippen molar-refractivity contribution in [1.29, 1.82) is 0 Å². The lowest BCUT2D eigenvalue weighted by Gasteiger charge is -2.06. The smallest absolute Gasteiger partial charge is 0.256 e. The van der Waals surface area contributed by atoms with Gasteiger partial charge in [0.25, 0.3) is 11.5 Å². The third-order valence-electron chi connectivity index (χ3n) is 2.54. The van der Waals surface area contributed by atoms with Crippen LogP contribution in [0.1, 0.15) is 36.5 Å². The number of aromatic nitrogens is 1. The summed E-state index contributed by atoms with van der Waals surface area (Å²) in [7, 11) is 0. The SMILES string of the molecule is CCCCOCCCNC(=O)c1c[nH]c(=O)cc1O. The van der Waals surface area contributed by atoms with E-state index in [9.17, 15) is 14.7 Å². The Bertz CT molecular complexity index is 456. The second-order valence-electron chi connectivity index (χ2n) is 4.17. The quantitative estimate of drug-likeness (QED) is 0.614. The summed E-state index contributed by atoms with van der Waals surface area (Å²) in [4.78, 5) is 24.9. The van der Waals surface area contributed by atoms with Crippen molar-refractivity contribution < 1.29 is 14.6 Å². The monoisotopic (exact) mass is 268 g/mol. The van der Waals surface area contributed by atoms with Gasteiger partial charge < -0.3 is 20.1 Å². The summed E-state index contributed by atoms with van der Waals surface area (Å²) < 4.78 is 5.35. The Morgan fingerprint density at radius 1 is 1.42 bits per heavy atom. The van der Waals surface area contributed by atoms with Gasteiger partial charge in [0.2, 0.25) is 0 Å². The molecule has 1 amide bonds. The highest BCUT2D eigenvalue weighted by molar-refractivity contribution is 5.96. The van der Waals surface area contributed by atoms with Crippen molar-refractivity contribution in [2.75, 3.05) is 19.8 Å². The molecule has 0 atom stereocenters. The van der Waals surface area contributed by atoms with Gasteiger partial charge in [-0.3, -0.25) is 9.59 Å². The molecule has 0 spiro atoms. The zero-order valence-corrected chi connectivity index (χ0v) is 11.1. The lowest BCUT2D eigenvalue weighted by atomic mass is 10.2. The van der Waals surface area contributed by atoms with Crippen LogP contribution in [0.2, 0.25) is 0 Å². The van der Waals surface area contributed by atoms with Crippen LogP contribution in [0.4, 0.5) is 0 Å². The molecule has 1 aromatic heterocycles. The number of H-pyrrole nitrogens is 1. The standard InChI is InChI=1S/C13H20N2O4/c1-2-3-6-19-7-4-5-14-13(18)10-9-15-12(17)8-11(10)16/h8-9H,2-7H2,1H3,(H,14,18)(H2,15,16,17). The molecule has 0 aliphatic rings. The number of carbonyl (C=O) groups is 1. The fraction of sp³-hybridized carbons (Fsp3) is 0.538. The molecule has 0 radical (unpaired) electrons. The Labute approximate surface area is 111 Å². The van der Waals surface area contributed by atoms with Gasteiger partial charge in [0.15, 0.2) is 0 Å². The van der Waals surface area contributed by atoms with Crippen molar-refractivity contribution in [3.8, 4) is 5.75 Å². The number of aromatic amines is 1. The highest BCUT2D eigenvalue weighted by Crippen LogP contribution is 2.11. The molecule has 0 unspecified atom stereocenters. The van der Waals surface area contributed by atoms with Crippen LogP contribution in [0, 0.1) is 0 Å². The van der Waals surface area contributed by atoms with Gasteiger partial charge >= 0.3 is 0 Å². The molecule has 0 aliphatic heterocycles. The first-order chi connectivity index (χ1) is 9.15. The largest absolute Gasteiger partial charge is 0.507 e. The first kappa shape index (κ1) is 15.2. The Balaban J connectivity index is 2.26. The molecule has 6 heteroatoms. The number of carbonyl (C=O) groups excluding carboxylic acids is 1. The Morgan fingerprint density at radius 3 is 2.84 bits per heavy atom. The van der Waals surface area contributed by atoms with Crippen LogP contribution < -0.4 is 10.9 Å². The summed E-state index contributed by atoms with van der Waals surface area (Å²) in [6, 6.07) is 0.975. The van der Waals surface area contributed by atoms with Gasteiger partial charge in [-0.15, -0.1) is 0 Å². The van der Waals surface area contributed by atoms with Gasteiger partial charge in [0.05, 0.1) is 5.56 Å². The Morgan fingerprint density at radius 2 is 2.16 bits per heavy atom. The van der Waals surface area contributed by atoms with Crippen LogP contribution in [0.25, 0.3) is 0 Å². The zero-order chi connectivity index (χ0) is 14.1. The van der Waals surface area contributed by atoms with Gasteiger partial charge in [-0.25, -0.2) is 0 Å². The molecule has 1 aromatic rings. The van der Waals surface area contributed by atoms with Crippen molar-refractivity contribution in [1.82, 2.24) is 10.3 Å². The highest BCUT2D eigenvalue weighted by atomic mass is 16.5. The average molecular weight is 268 g/mol. The molecule has 106 valence electrons. The van der Waals surface area contributed by atoms with E-state index in [-0.39, 0.29) is 11.3 Å². The van der Waals surface area contributed by atoms with Gasteiger partial charge in [-0.2, -0.15) is 0 Å². The van der Waals surface area contributed by atoms with Crippen molar-refractivity contribution in [2.24, 2.45) is 0 Å². The minimum Gasteiger partial charge on any atom is -0.507 e. The van der Waals surface area contributed by atoms with Crippen molar-refractivity contribution >= 4 is 5.91 Å². The fourth-order valence-corrected chi connectivity index (χ4v) is 1.46. The molecule has 0 fully saturated rings. The predicted molar refractivity (Wildman–Crippen MR) is 71.4 cm³/mol. The molecule has 6 nitrogen and oxygen atoms in total. The fourth-order valence-electron chi connectivity index (χ4n) is 1.46. The second kappa shape index (κ2) is 8.31. The van der Waals surface area contributed by atoms with Crippen molar-refractivity contribution in [3.05, 3.63) is 28.2 Å². The number of amides is 1. The minimum atomic E-state index is -0.446. The van der Waals surface area contributed by atoms with Gasteiger partial charge in [-0.1, -0.05) is 13.3 Å². The molecule has 0 saturated heterocycles. The third kappa shape index (κ3) is 5.56. The maximum Gasteiger partial charge on any atom is 0.256 e. The average Bonchev–Trinajstić information content (AvgIpc) is 2.37.